The summed E-state index contributed by atoms with van der Waals surface area (Å²) in [6.45, 7) is 6.87. The Hall–Kier alpha value is -3.42. The molecule has 0 fully saturated rings. The SMILES string of the molecule is CCCCCCCCNC(=O)CCCOc1cccc(N=Nc2cccc(OCCCC(=O)NCCCCCCCC)c2)c1. The number of azo groups is 1. The summed E-state index contributed by atoms with van der Waals surface area (Å²) >= 11 is 0. The highest BCUT2D eigenvalue weighted by molar-refractivity contribution is 5.76. The molecule has 0 heterocycles. The molecule has 8 nitrogen and oxygen atoms in total. The summed E-state index contributed by atoms with van der Waals surface area (Å²) in [6, 6.07) is 14.9. The van der Waals surface area contributed by atoms with Crippen LogP contribution in [0.4, 0.5) is 11.4 Å². The zero-order valence-corrected chi connectivity index (χ0v) is 27.3. The summed E-state index contributed by atoms with van der Waals surface area (Å²) in [6.07, 6.45) is 16.8. The molecule has 0 aliphatic carbocycles. The van der Waals surface area contributed by atoms with Crippen molar-refractivity contribution in [2.75, 3.05) is 26.3 Å². The van der Waals surface area contributed by atoms with Crippen LogP contribution >= 0.6 is 0 Å². The predicted octanol–water partition coefficient (Wildman–Crippen LogP) is 9.37. The van der Waals surface area contributed by atoms with E-state index >= 15 is 0 Å². The van der Waals surface area contributed by atoms with Crippen LogP contribution in [-0.4, -0.2) is 38.1 Å². The number of hydrogen-bond acceptors (Lipinski definition) is 6. The molecule has 0 saturated carbocycles. The maximum atomic E-state index is 12.0. The number of hydrogen-bond donors (Lipinski definition) is 2. The van der Waals surface area contributed by atoms with Crippen LogP contribution in [0.15, 0.2) is 58.8 Å². The average Bonchev–Trinajstić information content (AvgIpc) is 3.04. The number of ether oxygens (including phenoxy) is 2. The molecule has 2 aromatic rings. The zero-order chi connectivity index (χ0) is 31.5. The molecule has 8 heteroatoms. The third kappa shape index (κ3) is 19.0. The van der Waals surface area contributed by atoms with E-state index in [4.69, 9.17) is 9.47 Å². The van der Waals surface area contributed by atoms with Crippen LogP contribution in [0.25, 0.3) is 0 Å². The number of carbonyl (C=O) groups is 2. The molecule has 244 valence electrons. The van der Waals surface area contributed by atoms with Crippen molar-refractivity contribution in [1.29, 1.82) is 0 Å². The van der Waals surface area contributed by atoms with Crippen LogP contribution < -0.4 is 20.1 Å². The molecular formula is C36H56N4O4. The lowest BCUT2D eigenvalue weighted by Crippen LogP contribution is -2.24. The van der Waals surface area contributed by atoms with Crippen LogP contribution in [0, 0.1) is 0 Å². The summed E-state index contributed by atoms with van der Waals surface area (Å²) in [4.78, 5) is 24.1. The fourth-order valence-corrected chi connectivity index (χ4v) is 4.68. The molecule has 0 bridgehead atoms. The van der Waals surface area contributed by atoms with Crippen molar-refractivity contribution in [2.45, 2.75) is 117 Å². The molecule has 0 aliphatic rings. The zero-order valence-electron chi connectivity index (χ0n) is 27.3. The van der Waals surface area contributed by atoms with Gasteiger partial charge in [0.1, 0.15) is 11.5 Å². The first-order chi connectivity index (χ1) is 21.6. The van der Waals surface area contributed by atoms with Crippen molar-refractivity contribution in [2.24, 2.45) is 10.2 Å². The lowest BCUT2D eigenvalue weighted by atomic mass is 10.1. The molecule has 0 saturated heterocycles. The number of benzene rings is 2. The van der Waals surface area contributed by atoms with Gasteiger partial charge in [-0.1, -0.05) is 90.2 Å². The van der Waals surface area contributed by atoms with Gasteiger partial charge in [-0.05, 0) is 49.9 Å². The number of unbranched alkanes of at least 4 members (excludes halogenated alkanes) is 10. The molecule has 0 aliphatic heterocycles. The third-order valence-electron chi connectivity index (χ3n) is 7.25. The van der Waals surface area contributed by atoms with Crippen LogP contribution in [-0.2, 0) is 9.59 Å². The second-order valence-electron chi connectivity index (χ2n) is 11.3. The normalized spacial score (nSPS) is 11.0. The van der Waals surface area contributed by atoms with Gasteiger partial charge < -0.3 is 20.1 Å². The van der Waals surface area contributed by atoms with Gasteiger partial charge in [0.15, 0.2) is 0 Å². The van der Waals surface area contributed by atoms with E-state index in [0.29, 0.717) is 61.8 Å². The molecule has 2 N–H and O–H groups in total. The Bertz CT molecular complexity index is 992. The minimum atomic E-state index is 0.0835. The highest BCUT2D eigenvalue weighted by Crippen LogP contribution is 2.25. The lowest BCUT2D eigenvalue weighted by Gasteiger charge is -2.08. The number of carbonyl (C=O) groups excluding carboxylic acids is 2. The van der Waals surface area contributed by atoms with Crippen LogP contribution in [0.1, 0.15) is 117 Å². The standard InChI is InChI=1S/C36H56N4O4/c1-3-5-7-9-11-13-25-37-35(41)23-17-27-43-33-21-15-19-31(29-33)39-40-32-20-16-22-34(30-32)44-28-18-24-36(42)38-26-14-12-10-8-6-4-2/h15-16,19-22,29-30H,3-14,17-18,23-28H2,1-2H3,(H,37,41)(H,38,42). The van der Waals surface area contributed by atoms with Crippen molar-refractivity contribution in [1.82, 2.24) is 10.6 Å². The van der Waals surface area contributed by atoms with Crippen molar-refractivity contribution < 1.29 is 19.1 Å². The van der Waals surface area contributed by atoms with Crippen LogP contribution in [0.3, 0.4) is 0 Å². The second kappa shape index (κ2) is 25.0. The largest absolute Gasteiger partial charge is 0.494 e. The van der Waals surface area contributed by atoms with Crippen molar-refractivity contribution >= 4 is 23.2 Å². The predicted molar refractivity (Wildman–Crippen MR) is 179 cm³/mol. The molecule has 0 atom stereocenters. The first kappa shape index (κ1) is 36.8. The van der Waals surface area contributed by atoms with E-state index in [-0.39, 0.29) is 11.8 Å². The van der Waals surface area contributed by atoms with E-state index in [2.05, 4.69) is 34.7 Å². The Kier molecular flexibility index (Phi) is 20.9. The third-order valence-corrected chi connectivity index (χ3v) is 7.25. The van der Waals surface area contributed by atoms with Gasteiger partial charge in [0.2, 0.25) is 11.8 Å². The van der Waals surface area contributed by atoms with Crippen LogP contribution in [0.2, 0.25) is 0 Å². The van der Waals surface area contributed by atoms with E-state index in [1.807, 2.05) is 48.5 Å². The minimum Gasteiger partial charge on any atom is -0.494 e. The molecule has 44 heavy (non-hydrogen) atoms. The maximum Gasteiger partial charge on any atom is 0.220 e. The maximum absolute atomic E-state index is 12.0. The second-order valence-corrected chi connectivity index (χ2v) is 11.3. The monoisotopic (exact) mass is 608 g/mol. The number of nitrogens with zero attached hydrogens (tertiary/aromatic N) is 2. The molecule has 2 rings (SSSR count). The van der Waals surface area contributed by atoms with Gasteiger partial charge in [-0.2, -0.15) is 10.2 Å². The van der Waals surface area contributed by atoms with Gasteiger partial charge in [0.25, 0.3) is 0 Å². The fourth-order valence-electron chi connectivity index (χ4n) is 4.68. The topological polar surface area (TPSA) is 101 Å². The molecule has 0 spiro atoms. The summed E-state index contributed by atoms with van der Waals surface area (Å²) < 4.78 is 11.7. The van der Waals surface area contributed by atoms with Gasteiger partial charge in [-0.15, -0.1) is 0 Å². The highest BCUT2D eigenvalue weighted by Gasteiger charge is 2.04. The van der Waals surface area contributed by atoms with Gasteiger partial charge >= 0.3 is 0 Å². The number of amides is 2. The number of rotatable bonds is 26. The van der Waals surface area contributed by atoms with Gasteiger partial charge in [-0.3, -0.25) is 9.59 Å². The quantitative estimate of drug-likeness (QED) is 0.0820. The molecular weight excluding hydrogens is 552 g/mol. The van der Waals surface area contributed by atoms with Crippen molar-refractivity contribution in [3.63, 3.8) is 0 Å². The van der Waals surface area contributed by atoms with E-state index in [1.165, 1.54) is 64.2 Å². The Morgan fingerprint density at radius 1 is 0.568 bits per heavy atom. The first-order valence-electron chi connectivity index (χ1n) is 17.0. The Morgan fingerprint density at radius 3 is 1.41 bits per heavy atom. The van der Waals surface area contributed by atoms with E-state index in [1.54, 1.807) is 0 Å². The van der Waals surface area contributed by atoms with E-state index in [0.717, 1.165) is 25.9 Å². The van der Waals surface area contributed by atoms with Gasteiger partial charge in [0, 0.05) is 38.1 Å². The van der Waals surface area contributed by atoms with Gasteiger partial charge in [-0.25, -0.2) is 0 Å². The fraction of sp³-hybridized carbons (Fsp3) is 0.611. The molecule has 0 unspecified atom stereocenters. The lowest BCUT2D eigenvalue weighted by molar-refractivity contribution is -0.122. The highest BCUT2D eigenvalue weighted by atomic mass is 16.5. The molecule has 2 aromatic carbocycles. The minimum absolute atomic E-state index is 0.0835. The Balaban J connectivity index is 1.61. The van der Waals surface area contributed by atoms with E-state index < -0.39 is 0 Å². The van der Waals surface area contributed by atoms with Crippen molar-refractivity contribution in [3.05, 3.63) is 48.5 Å². The smallest absolute Gasteiger partial charge is 0.220 e. The summed E-state index contributed by atoms with van der Waals surface area (Å²) in [7, 11) is 0. The Labute approximate surface area is 265 Å². The summed E-state index contributed by atoms with van der Waals surface area (Å²) in [5.41, 5.74) is 1.36. The molecule has 0 aromatic heterocycles. The van der Waals surface area contributed by atoms with Crippen LogP contribution in [0.5, 0.6) is 11.5 Å². The summed E-state index contributed by atoms with van der Waals surface area (Å²) in [5, 5.41) is 14.7. The molecule has 2 amide bonds. The average molecular weight is 609 g/mol. The molecule has 0 radical (unpaired) electrons. The number of nitrogens with one attached hydrogen (secondary N) is 2. The van der Waals surface area contributed by atoms with Crippen molar-refractivity contribution in [3.8, 4) is 11.5 Å². The Morgan fingerprint density at radius 2 is 0.977 bits per heavy atom. The summed E-state index contributed by atoms with van der Waals surface area (Å²) in [5.74, 6) is 1.56. The first-order valence-corrected chi connectivity index (χ1v) is 17.0. The van der Waals surface area contributed by atoms with E-state index in [9.17, 15) is 9.59 Å². The van der Waals surface area contributed by atoms with Gasteiger partial charge in [0.05, 0.1) is 24.6 Å².